The molecule has 1 heterocycles. The predicted octanol–water partition coefficient (Wildman–Crippen LogP) is 4.42. The Kier molecular flexibility index (Phi) is 4.67. The highest BCUT2D eigenvalue weighted by molar-refractivity contribution is 6.00. The number of benzene rings is 2. The average molecular weight is 376 g/mol. The fourth-order valence-electron chi connectivity index (χ4n) is 4.03. The van der Waals surface area contributed by atoms with E-state index in [4.69, 9.17) is 9.47 Å². The molecule has 144 valence electrons. The van der Waals surface area contributed by atoms with Crippen LogP contribution in [-0.4, -0.2) is 29.8 Å². The minimum Gasteiger partial charge on any atom is -0.497 e. The van der Waals surface area contributed by atoms with E-state index in [1.807, 2.05) is 41.9 Å². The lowest BCUT2D eigenvalue weighted by Gasteiger charge is -2.25. The SMILES string of the molecule is COc1ccc(C2CC(=O)c3c(C)nn(-c4ccc(C)cc4)c3C2)c(OC)c1. The molecule has 0 saturated carbocycles. The van der Waals surface area contributed by atoms with E-state index in [1.165, 1.54) is 5.56 Å². The molecule has 5 heteroatoms. The highest BCUT2D eigenvalue weighted by atomic mass is 16.5. The third-order valence-electron chi connectivity index (χ3n) is 5.47. The van der Waals surface area contributed by atoms with Gasteiger partial charge in [-0.25, -0.2) is 4.68 Å². The van der Waals surface area contributed by atoms with Gasteiger partial charge >= 0.3 is 0 Å². The number of hydrogen-bond acceptors (Lipinski definition) is 4. The molecule has 0 saturated heterocycles. The molecule has 28 heavy (non-hydrogen) atoms. The van der Waals surface area contributed by atoms with Crippen LogP contribution in [0.1, 0.15) is 45.2 Å². The van der Waals surface area contributed by atoms with Crippen molar-refractivity contribution in [2.24, 2.45) is 0 Å². The molecule has 0 radical (unpaired) electrons. The number of aromatic nitrogens is 2. The molecule has 1 aliphatic carbocycles. The normalized spacial score (nSPS) is 16.0. The molecule has 0 fully saturated rings. The first-order valence-electron chi connectivity index (χ1n) is 9.42. The number of carbonyl (C=O) groups is 1. The number of ketones is 1. The van der Waals surface area contributed by atoms with Gasteiger partial charge in [-0.2, -0.15) is 5.10 Å². The van der Waals surface area contributed by atoms with Crippen LogP contribution in [0.2, 0.25) is 0 Å². The number of ether oxygens (including phenoxy) is 2. The summed E-state index contributed by atoms with van der Waals surface area (Å²) in [4.78, 5) is 13.0. The van der Waals surface area contributed by atoms with E-state index in [0.29, 0.717) is 6.42 Å². The second-order valence-electron chi connectivity index (χ2n) is 7.29. The highest BCUT2D eigenvalue weighted by Crippen LogP contribution is 2.39. The Bertz CT molecular complexity index is 1030. The summed E-state index contributed by atoms with van der Waals surface area (Å²) in [7, 11) is 3.28. The lowest BCUT2D eigenvalue weighted by molar-refractivity contribution is 0.0963. The Morgan fingerprint density at radius 3 is 2.43 bits per heavy atom. The van der Waals surface area contributed by atoms with Crippen LogP contribution in [0, 0.1) is 13.8 Å². The van der Waals surface area contributed by atoms with Crippen molar-refractivity contribution < 1.29 is 14.3 Å². The number of nitrogens with zero attached hydrogens (tertiary/aromatic N) is 2. The van der Waals surface area contributed by atoms with Crippen molar-refractivity contribution in [3.8, 4) is 17.2 Å². The van der Waals surface area contributed by atoms with Gasteiger partial charge in [-0.05, 0) is 44.0 Å². The van der Waals surface area contributed by atoms with Gasteiger partial charge in [0.15, 0.2) is 5.78 Å². The maximum atomic E-state index is 13.0. The molecule has 1 atom stereocenters. The van der Waals surface area contributed by atoms with Gasteiger partial charge < -0.3 is 9.47 Å². The van der Waals surface area contributed by atoms with Gasteiger partial charge in [0.2, 0.25) is 0 Å². The first-order valence-corrected chi connectivity index (χ1v) is 9.42. The predicted molar refractivity (Wildman–Crippen MR) is 108 cm³/mol. The molecule has 0 spiro atoms. The summed E-state index contributed by atoms with van der Waals surface area (Å²) in [6.45, 7) is 3.97. The summed E-state index contributed by atoms with van der Waals surface area (Å²) in [5.74, 6) is 1.67. The van der Waals surface area contributed by atoms with Crippen molar-refractivity contribution in [1.82, 2.24) is 9.78 Å². The van der Waals surface area contributed by atoms with Crippen molar-refractivity contribution in [1.29, 1.82) is 0 Å². The largest absolute Gasteiger partial charge is 0.497 e. The Morgan fingerprint density at radius 2 is 1.75 bits per heavy atom. The van der Waals surface area contributed by atoms with E-state index in [1.54, 1.807) is 14.2 Å². The van der Waals surface area contributed by atoms with Gasteiger partial charge in [0.25, 0.3) is 0 Å². The summed E-state index contributed by atoms with van der Waals surface area (Å²) in [5, 5.41) is 4.69. The lowest BCUT2D eigenvalue weighted by atomic mass is 9.81. The van der Waals surface area contributed by atoms with Gasteiger partial charge in [0, 0.05) is 18.4 Å². The van der Waals surface area contributed by atoms with E-state index < -0.39 is 0 Å². The van der Waals surface area contributed by atoms with Gasteiger partial charge in [-0.15, -0.1) is 0 Å². The summed E-state index contributed by atoms with van der Waals surface area (Å²) >= 11 is 0. The zero-order chi connectivity index (χ0) is 19.8. The quantitative estimate of drug-likeness (QED) is 0.676. The van der Waals surface area contributed by atoms with Crippen molar-refractivity contribution in [3.05, 3.63) is 70.5 Å². The third kappa shape index (κ3) is 3.07. The topological polar surface area (TPSA) is 53.3 Å². The number of carbonyl (C=O) groups excluding carboxylic acids is 1. The Hall–Kier alpha value is -3.08. The first kappa shape index (κ1) is 18.3. The number of hydrogen-bond donors (Lipinski definition) is 0. The molecule has 0 N–H and O–H groups in total. The van der Waals surface area contributed by atoms with Gasteiger partial charge in [-0.1, -0.05) is 23.8 Å². The fraction of sp³-hybridized carbons (Fsp3) is 0.304. The zero-order valence-electron chi connectivity index (χ0n) is 16.7. The van der Waals surface area contributed by atoms with Crippen LogP contribution in [0.3, 0.4) is 0 Å². The molecule has 1 aromatic heterocycles. The number of aryl methyl sites for hydroxylation is 2. The maximum Gasteiger partial charge on any atom is 0.167 e. The zero-order valence-corrected chi connectivity index (χ0v) is 16.7. The van der Waals surface area contributed by atoms with E-state index in [2.05, 4.69) is 24.2 Å². The van der Waals surface area contributed by atoms with Crippen LogP contribution in [0.4, 0.5) is 0 Å². The minimum atomic E-state index is 0.0427. The van der Waals surface area contributed by atoms with Crippen LogP contribution in [0.25, 0.3) is 5.69 Å². The van der Waals surface area contributed by atoms with E-state index in [0.717, 1.165) is 46.1 Å². The highest BCUT2D eigenvalue weighted by Gasteiger charge is 2.33. The maximum absolute atomic E-state index is 13.0. The summed E-state index contributed by atoms with van der Waals surface area (Å²) in [6.07, 6.45) is 1.19. The molecule has 4 rings (SSSR count). The molecular formula is C23H24N2O3. The van der Waals surface area contributed by atoms with E-state index in [-0.39, 0.29) is 11.7 Å². The monoisotopic (exact) mass is 376 g/mol. The lowest BCUT2D eigenvalue weighted by Crippen LogP contribution is -2.21. The third-order valence-corrected chi connectivity index (χ3v) is 5.47. The van der Waals surface area contributed by atoms with Crippen LogP contribution >= 0.6 is 0 Å². The van der Waals surface area contributed by atoms with Crippen LogP contribution < -0.4 is 9.47 Å². The van der Waals surface area contributed by atoms with Crippen molar-refractivity contribution in [3.63, 3.8) is 0 Å². The average Bonchev–Trinajstić information content (AvgIpc) is 3.05. The molecular weight excluding hydrogens is 352 g/mol. The Labute approximate surface area is 164 Å². The van der Waals surface area contributed by atoms with Gasteiger partial charge in [0.1, 0.15) is 11.5 Å². The first-order chi connectivity index (χ1) is 13.5. The molecule has 0 aliphatic heterocycles. The van der Waals surface area contributed by atoms with Crippen LogP contribution in [0.15, 0.2) is 42.5 Å². The second kappa shape index (κ2) is 7.15. The minimum absolute atomic E-state index is 0.0427. The molecule has 3 aromatic rings. The summed E-state index contributed by atoms with van der Waals surface area (Å²) in [6, 6.07) is 14.0. The Balaban J connectivity index is 1.78. The number of methoxy groups -OCH3 is 2. The molecule has 0 amide bonds. The number of fused-ring (bicyclic) bond motifs is 1. The summed E-state index contributed by atoms with van der Waals surface area (Å²) in [5.41, 5.74) is 5.73. The van der Waals surface area contributed by atoms with Crippen LogP contribution in [0.5, 0.6) is 11.5 Å². The van der Waals surface area contributed by atoms with Crippen LogP contribution in [-0.2, 0) is 6.42 Å². The molecule has 2 aromatic carbocycles. The molecule has 5 nitrogen and oxygen atoms in total. The molecule has 1 aliphatic rings. The molecule has 0 bridgehead atoms. The van der Waals surface area contributed by atoms with Crippen molar-refractivity contribution in [2.45, 2.75) is 32.6 Å². The van der Waals surface area contributed by atoms with Gasteiger partial charge in [-0.3, -0.25) is 4.79 Å². The number of Topliss-reactive ketones (excluding diaryl/α,β-unsaturated/α-hetero) is 1. The standard InChI is InChI=1S/C23H24N2O3/c1-14-5-7-17(8-6-14)25-20-11-16(12-21(26)23(20)15(2)24-25)19-10-9-18(27-3)13-22(19)28-4/h5-10,13,16H,11-12H2,1-4H3. The molecule has 1 unspecified atom stereocenters. The number of rotatable bonds is 4. The smallest absolute Gasteiger partial charge is 0.167 e. The van der Waals surface area contributed by atoms with Crippen molar-refractivity contribution >= 4 is 5.78 Å². The van der Waals surface area contributed by atoms with E-state index >= 15 is 0 Å². The summed E-state index contributed by atoms with van der Waals surface area (Å²) < 4.78 is 12.8. The van der Waals surface area contributed by atoms with Gasteiger partial charge in [0.05, 0.1) is 36.9 Å². The van der Waals surface area contributed by atoms with E-state index in [9.17, 15) is 4.79 Å². The second-order valence-corrected chi connectivity index (χ2v) is 7.29. The fourth-order valence-corrected chi connectivity index (χ4v) is 4.03. The van der Waals surface area contributed by atoms with Crippen molar-refractivity contribution in [2.75, 3.05) is 14.2 Å². The Morgan fingerprint density at radius 1 is 1.00 bits per heavy atom.